The topological polar surface area (TPSA) is 42.7 Å². The minimum Gasteiger partial charge on any atom is -0.354 e. The summed E-state index contributed by atoms with van der Waals surface area (Å²) in [5, 5.41) is 7.35. The van der Waals surface area contributed by atoms with Crippen LogP contribution in [0.4, 0.5) is 10.3 Å². The Morgan fingerprint density at radius 2 is 2.35 bits per heavy atom. The summed E-state index contributed by atoms with van der Waals surface area (Å²) in [4.78, 5) is 4.12. The lowest BCUT2D eigenvalue weighted by Crippen LogP contribution is -2.24. The van der Waals surface area contributed by atoms with Gasteiger partial charge in [0, 0.05) is 6.54 Å². The smallest absolute Gasteiger partial charge is 0.221 e. The number of nitrogens with zero attached hydrogens (tertiary/aromatic N) is 3. The molecule has 0 saturated carbocycles. The maximum Gasteiger partial charge on any atom is 0.221 e. The average Bonchev–Trinajstić information content (AvgIpc) is 2.80. The highest BCUT2D eigenvalue weighted by Gasteiger charge is 2.22. The maximum absolute atomic E-state index is 13.6. The van der Waals surface area contributed by atoms with E-state index >= 15 is 0 Å². The summed E-state index contributed by atoms with van der Waals surface area (Å²) in [6.07, 6.45) is 2.41. The molecule has 1 aromatic carbocycles. The van der Waals surface area contributed by atoms with Crippen molar-refractivity contribution in [3.05, 3.63) is 41.5 Å². The Kier molecular flexibility index (Phi) is 2.31. The van der Waals surface area contributed by atoms with Crippen LogP contribution >= 0.6 is 0 Å². The fourth-order valence-electron chi connectivity index (χ4n) is 2.17. The van der Waals surface area contributed by atoms with E-state index in [1.54, 1.807) is 13.0 Å². The molecule has 1 aliphatic rings. The minimum atomic E-state index is -0.164. The third kappa shape index (κ3) is 1.67. The Morgan fingerprint density at radius 3 is 3.18 bits per heavy atom. The van der Waals surface area contributed by atoms with Gasteiger partial charge >= 0.3 is 0 Å². The molecule has 1 atom stereocenters. The van der Waals surface area contributed by atoms with Crippen LogP contribution in [0.15, 0.2) is 24.5 Å². The fraction of sp³-hybridized carbons (Fsp3) is 0.333. The number of fused-ring (bicyclic) bond motifs is 1. The molecule has 4 nitrogen and oxygen atoms in total. The number of nitrogens with one attached hydrogen (secondary N) is 1. The van der Waals surface area contributed by atoms with Gasteiger partial charge in [-0.25, -0.2) is 9.07 Å². The third-order valence-corrected chi connectivity index (χ3v) is 3.15. The molecule has 1 aliphatic heterocycles. The molecule has 3 rings (SSSR count). The number of hydrogen-bond donors (Lipinski definition) is 1. The van der Waals surface area contributed by atoms with Crippen LogP contribution in [0.5, 0.6) is 0 Å². The summed E-state index contributed by atoms with van der Waals surface area (Å²) in [5.41, 5.74) is 1.61. The van der Waals surface area contributed by atoms with Crippen molar-refractivity contribution in [1.82, 2.24) is 14.8 Å². The molecule has 88 valence electrons. The largest absolute Gasteiger partial charge is 0.354 e. The summed E-state index contributed by atoms with van der Waals surface area (Å²) in [6.45, 7) is 2.60. The Balaban J connectivity index is 2.03. The van der Waals surface area contributed by atoms with Crippen molar-refractivity contribution < 1.29 is 4.39 Å². The van der Waals surface area contributed by atoms with Crippen molar-refractivity contribution in [3.63, 3.8) is 0 Å². The monoisotopic (exact) mass is 232 g/mol. The first kappa shape index (κ1) is 10.3. The lowest BCUT2D eigenvalue weighted by Gasteiger charge is -2.24. The van der Waals surface area contributed by atoms with Crippen LogP contribution in [0.3, 0.4) is 0 Å². The Bertz CT molecular complexity index is 549. The summed E-state index contributed by atoms with van der Waals surface area (Å²) >= 11 is 0. The van der Waals surface area contributed by atoms with Gasteiger partial charge in [0.1, 0.15) is 12.1 Å². The molecule has 0 amide bonds. The predicted molar refractivity (Wildman–Crippen MR) is 62.4 cm³/mol. The van der Waals surface area contributed by atoms with E-state index in [9.17, 15) is 4.39 Å². The molecule has 1 unspecified atom stereocenters. The average molecular weight is 232 g/mol. The zero-order valence-corrected chi connectivity index (χ0v) is 9.52. The number of anilines is 1. The summed E-state index contributed by atoms with van der Waals surface area (Å²) in [5.74, 6) is 0.588. The second-order valence-corrected chi connectivity index (χ2v) is 4.27. The van der Waals surface area contributed by atoms with Gasteiger partial charge in [-0.2, -0.15) is 10.1 Å². The molecule has 0 saturated heterocycles. The van der Waals surface area contributed by atoms with E-state index in [0.29, 0.717) is 5.56 Å². The highest BCUT2D eigenvalue weighted by Crippen LogP contribution is 2.28. The van der Waals surface area contributed by atoms with Gasteiger partial charge < -0.3 is 5.32 Å². The van der Waals surface area contributed by atoms with Crippen molar-refractivity contribution in [3.8, 4) is 0 Å². The molecule has 0 bridgehead atoms. The van der Waals surface area contributed by atoms with Gasteiger partial charge in [-0.05, 0) is 30.5 Å². The zero-order chi connectivity index (χ0) is 11.8. The Morgan fingerprint density at radius 1 is 1.47 bits per heavy atom. The van der Waals surface area contributed by atoms with E-state index in [1.165, 1.54) is 6.33 Å². The Labute approximate surface area is 98.5 Å². The van der Waals surface area contributed by atoms with Crippen LogP contribution in [0.1, 0.15) is 23.6 Å². The SMILES string of the molecule is Cc1ccc(C2CCNc3ncnn32)cc1F. The van der Waals surface area contributed by atoms with E-state index in [2.05, 4.69) is 15.4 Å². The molecule has 17 heavy (non-hydrogen) atoms. The van der Waals surface area contributed by atoms with Crippen molar-refractivity contribution in [1.29, 1.82) is 0 Å². The first-order valence-electron chi connectivity index (χ1n) is 5.65. The standard InChI is InChI=1S/C12H13FN4/c1-8-2-3-9(6-10(8)13)11-4-5-14-12-15-7-16-17(11)12/h2-3,6-7,11H,4-5H2,1H3,(H,14,15,16). The number of benzene rings is 1. The van der Waals surface area contributed by atoms with Gasteiger partial charge in [0.15, 0.2) is 0 Å². The molecule has 2 heterocycles. The molecule has 0 aliphatic carbocycles. The zero-order valence-electron chi connectivity index (χ0n) is 9.52. The van der Waals surface area contributed by atoms with Crippen molar-refractivity contribution in [2.45, 2.75) is 19.4 Å². The number of aromatic nitrogens is 3. The minimum absolute atomic E-state index is 0.0730. The summed E-state index contributed by atoms with van der Waals surface area (Å²) in [6, 6.07) is 5.43. The van der Waals surface area contributed by atoms with Crippen LogP contribution in [0.2, 0.25) is 0 Å². The molecule has 0 spiro atoms. The Hall–Kier alpha value is -1.91. The normalized spacial score (nSPS) is 18.6. The van der Waals surface area contributed by atoms with Gasteiger partial charge in [0.2, 0.25) is 5.95 Å². The number of hydrogen-bond acceptors (Lipinski definition) is 3. The summed E-state index contributed by atoms with van der Waals surface area (Å²) in [7, 11) is 0. The number of halogens is 1. The quantitative estimate of drug-likeness (QED) is 0.819. The lowest BCUT2D eigenvalue weighted by atomic mass is 10.0. The van der Waals surface area contributed by atoms with Crippen molar-refractivity contribution in [2.75, 3.05) is 11.9 Å². The molecule has 1 N–H and O–H groups in total. The summed E-state index contributed by atoms with van der Waals surface area (Å²) < 4.78 is 15.4. The lowest BCUT2D eigenvalue weighted by molar-refractivity contribution is 0.477. The van der Waals surface area contributed by atoms with Crippen LogP contribution in [-0.4, -0.2) is 21.3 Å². The molecule has 5 heteroatoms. The van der Waals surface area contributed by atoms with Crippen LogP contribution < -0.4 is 5.32 Å². The van der Waals surface area contributed by atoms with Crippen LogP contribution in [0, 0.1) is 12.7 Å². The van der Waals surface area contributed by atoms with Gasteiger partial charge in [0.05, 0.1) is 6.04 Å². The van der Waals surface area contributed by atoms with E-state index in [0.717, 1.165) is 24.5 Å². The number of aryl methyl sites for hydroxylation is 1. The molecule has 2 aromatic rings. The van der Waals surface area contributed by atoms with Crippen LogP contribution in [0.25, 0.3) is 0 Å². The molecular weight excluding hydrogens is 219 g/mol. The first-order chi connectivity index (χ1) is 8.25. The molecule has 1 aromatic heterocycles. The highest BCUT2D eigenvalue weighted by atomic mass is 19.1. The molecule has 0 radical (unpaired) electrons. The number of rotatable bonds is 1. The van der Waals surface area contributed by atoms with Gasteiger partial charge in [-0.3, -0.25) is 0 Å². The van der Waals surface area contributed by atoms with E-state index in [4.69, 9.17) is 0 Å². The van der Waals surface area contributed by atoms with Crippen LogP contribution in [-0.2, 0) is 0 Å². The fourth-order valence-corrected chi connectivity index (χ4v) is 2.17. The third-order valence-electron chi connectivity index (χ3n) is 3.15. The first-order valence-corrected chi connectivity index (χ1v) is 5.65. The predicted octanol–water partition coefficient (Wildman–Crippen LogP) is 2.13. The van der Waals surface area contributed by atoms with Crippen molar-refractivity contribution >= 4 is 5.95 Å². The second-order valence-electron chi connectivity index (χ2n) is 4.27. The van der Waals surface area contributed by atoms with Gasteiger partial charge in [-0.1, -0.05) is 12.1 Å². The second kappa shape index (κ2) is 3.84. The van der Waals surface area contributed by atoms with E-state index in [-0.39, 0.29) is 11.9 Å². The van der Waals surface area contributed by atoms with E-state index < -0.39 is 0 Å². The van der Waals surface area contributed by atoms with Gasteiger partial charge in [0.25, 0.3) is 0 Å². The molecular formula is C12H13FN4. The molecule has 0 fully saturated rings. The maximum atomic E-state index is 13.6. The van der Waals surface area contributed by atoms with Gasteiger partial charge in [-0.15, -0.1) is 0 Å². The highest BCUT2D eigenvalue weighted by molar-refractivity contribution is 5.33. The van der Waals surface area contributed by atoms with Crippen molar-refractivity contribution in [2.24, 2.45) is 0 Å². The van der Waals surface area contributed by atoms with E-state index in [1.807, 2.05) is 16.8 Å².